The zero-order valence-corrected chi connectivity index (χ0v) is 14.5. The monoisotopic (exact) mass is 370 g/mol. The number of hydrogen-bond acceptors (Lipinski definition) is 6. The molecule has 2 aromatic carbocycles. The lowest BCUT2D eigenvalue weighted by molar-refractivity contribution is -0.383. The standard InChI is InChI=1S/C17H14N4O4S/c1-11-6-8-12(9-7-11)16-19-20(17(26)25-16)10-15(22)18-13-4-2-3-5-14(13)21(23)24/h2-9H,10H2,1H3,(H,18,22). The van der Waals surface area contributed by atoms with Crippen molar-refractivity contribution in [2.45, 2.75) is 13.5 Å². The van der Waals surface area contributed by atoms with Gasteiger partial charge in [0.1, 0.15) is 12.2 Å². The molecule has 0 radical (unpaired) electrons. The van der Waals surface area contributed by atoms with E-state index in [2.05, 4.69) is 10.4 Å². The number of aromatic nitrogens is 2. The number of hydrogen-bond donors (Lipinski definition) is 1. The molecular weight excluding hydrogens is 356 g/mol. The molecule has 0 bridgehead atoms. The maximum atomic E-state index is 12.2. The van der Waals surface area contributed by atoms with Crippen LogP contribution in [-0.4, -0.2) is 20.6 Å². The van der Waals surface area contributed by atoms with E-state index in [0.717, 1.165) is 11.1 Å². The minimum Gasteiger partial charge on any atom is -0.409 e. The summed E-state index contributed by atoms with van der Waals surface area (Å²) < 4.78 is 6.66. The van der Waals surface area contributed by atoms with E-state index in [4.69, 9.17) is 16.6 Å². The first-order valence-electron chi connectivity index (χ1n) is 7.62. The highest BCUT2D eigenvalue weighted by molar-refractivity contribution is 7.71. The van der Waals surface area contributed by atoms with Gasteiger partial charge in [0.25, 0.3) is 10.5 Å². The number of aryl methyl sites for hydroxylation is 1. The molecule has 0 unspecified atom stereocenters. The molecule has 0 aliphatic rings. The van der Waals surface area contributed by atoms with Gasteiger partial charge in [0.05, 0.1) is 4.92 Å². The third kappa shape index (κ3) is 3.83. The van der Waals surface area contributed by atoms with Gasteiger partial charge >= 0.3 is 0 Å². The second-order valence-corrected chi connectivity index (χ2v) is 5.87. The average Bonchev–Trinajstić information content (AvgIpc) is 2.96. The number of nitro benzene ring substituents is 1. The molecule has 0 saturated heterocycles. The van der Waals surface area contributed by atoms with E-state index in [1.807, 2.05) is 31.2 Å². The van der Waals surface area contributed by atoms with Crippen LogP contribution in [0.15, 0.2) is 52.9 Å². The van der Waals surface area contributed by atoms with Crippen LogP contribution in [0.1, 0.15) is 5.56 Å². The van der Waals surface area contributed by atoms with Gasteiger partial charge in [-0.3, -0.25) is 14.9 Å². The van der Waals surface area contributed by atoms with E-state index in [1.54, 1.807) is 6.07 Å². The molecule has 0 spiro atoms. The van der Waals surface area contributed by atoms with Gasteiger partial charge in [-0.05, 0) is 37.3 Å². The normalized spacial score (nSPS) is 10.5. The van der Waals surface area contributed by atoms with E-state index < -0.39 is 10.8 Å². The third-order valence-electron chi connectivity index (χ3n) is 3.57. The predicted molar refractivity (Wildman–Crippen MR) is 97.2 cm³/mol. The molecule has 3 aromatic rings. The number of anilines is 1. The Bertz CT molecular complexity index is 1020. The Morgan fingerprint density at radius 1 is 1.27 bits per heavy atom. The summed E-state index contributed by atoms with van der Waals surface area (Å²) in [5.74, 6) is -0.201. The summed E-state index contributed by atoms with van der Waals surface area (Å²) in [4.78, 5) is 22.7. The summed E-state index contributed by atoms with van der Waals surface area (Å²) >= 11 is 5.09. The lowest BCUT2D eigenvalue weighted by Gasteiger charge is -2.05. The van der Waals surface area contributed by atoms with Crippen LogP contribution in [0.4, 0.5) is 11.4 Å². The maximum Gasteiger partial charge on any atom is 0.292 e. The Morgan fingerprint density at radius 2 is 1.96 bits per heavy atom. The highest BCUT2D eigenvalue weighted by Crippen LogP contribution is 2.23. The van der Waals surface area contributed by atoms with Crippen molar-refractivity contribution in [1.29, 1.82) is 0 Å². The quantitative estimate of drug-likeness (QED) is 0.417. The van der Waals surface area contributed by atoms with Crippen molar-refractivity contribution in [3.05, 3.63) is 69.0 Å². The zero-order valence-electron chi connectivity index (χ0n) is 13.7. The van der Waals surface area contributed by atoms with Gasteiger partial charge in [0.15, 0.2) is 0 Å². The Hall–Kier alpha value is -3.33. The van der Waals surface area contributed by atoms with Gasteiger partial charge in [-0.1, -0.05) is 29.8 Å². The fourth-order valence-corrected chi connectivity index (χ4v) is 2.47. The number of rotatable bonds is 5. The summed E-state index contributed by atoms with van der Waals surface area (Å²) in [5.41, 5.74) is 1.75. The summed E-state index contributed by atoms with van der Waals surface area (Å²) in [6.45, 7) is 1.74. The van der Waals surface area contributed by atoms with Gasteiger partial charge in [0, 0.05) is 11.6 Å². The lowest BCUT2D eigenvalue weighted by Crippen LogP contribution is -2.20. The summed E-state index contributed by atoms with van der Waals surface area (Å²) in [5, 5.41) is 17.7. The summed E-state index contributed by atoms with van der Waals surface area (Å²) in [6.07, 6.45) is 0. The van der Waals surface area contributed by atoms with Crippen LogP contribution in [0.3, 0.4) is 0 Å². The van der Waals surface area contributed by atoms with Crippen LogP contribution < -0.4 is 5.32 Å². The molecule has 1 heterocycles. The van der Waals surface area contributed by atoms with Crippen LogP contribution in [-0.2, 0) is 11.3 Å². The number of carbonyl (C=O) groups is 1. The molecule has 0 fully saturated rings. The number of nitrogens with zero attached hydrogens (tertiary/aromatic N) is 3. The number of nitrogens with one attached hydrogen (secondary N) is 1. The van der Waals surface area contributed by atoms with Crippen LogP contribution >= 0.6 is 12.2 Å². The Labute approximate surface area is 153 Å². The van der Waals surface area contributed by atoms with Crippen molar-refractivity contribution >= 4 is 29.5 Å². The molecule has 26 heavy (non-hydrogen) atoms. The predicted octanol–water partition coefficient (Wildman–Crippen LogP) is 3.73. The molecule has 8 nitrogen and oxygen atoms in total. The SMILES string of the molecule is Cc1ccc(-c2nn(CC(=O)Nc3ccccc3[N+](=O)[O-])c(=S)o2)cc1. The first kappa shape index (κ1) is 17.5. The highest BCUT2D eigenvalue weighted by atomic mass is 32.1. The van der Waals surface area contributed by atoms with E-state index in [9.17, 15) is 14.9 Å². The average molecular weight is 370 g/mol. The van der Waals surface area contributed by atoms with E-state index in [0.29, 0.717) is 5.89 Å². The van der Waals surface area contributed by atoms with Gasteiger partial charge in [-0.2, -0.15) is 0 Å². The molecule has 0 saturated carbocycles. The van der Waals surface area contributed by atoms with Crippen molar-refractivity contribution in [3.8, 4) is 11.5 Å². The molecule has 0 atom stereocenters. The fourth-order valence-electron chi connectivity index (χ4n) is 2.28. The van der Waals surface area contributed by atoms with Crippen molar-refractivity contribution in [1.82, 2.24) is 9.78 Å². The van der Waals surface area contributed by atoms with Crippen molar-refractivity contribution < 1.29 is 14.1 Å². The molecule has 0 aliphatic carbocycles. The molecule has 1 N–H and O–H groups in total. The number of benzene rings is 2. The molecule has 9 heteroatoms. The smallest absolute Gasteiger partial charge is 0.292 e. The largest absolute Gasteiger partial charge is 0.409 e. The Morgan fingerprint density at radius 3 is 2.65 bits per heavy atom. The second kappa shape index (κ2) is 7.28. The second-order valence-electron chi connectivity index (χ2n) is 5.52. The topological polar surface area (TPSA) is 103 Å². The van der Waals surface area contributed by atoms with Gasteiger partial charge in [0.2, 0.25) is 11.8 Å². The first-order chi connectivity index (χ1) is 12.4. The van der Waals surface area contributed by atoms with Crippen LogP contribution in [0.5, 0.6) is 0 Å². The van der Waals surface area contributed by atoms with Gasteiger partial charge in [-0.25, -0.2) is 4.68 Å². The summed E-state index contributed by atoms with van der Waals surface area (Å²) in [6, 6.07) is 13.4. The molecule has 1 aromatic heterocycles. The Kier molecular flexibility index (Phi) is 4.90. The number of amides is 1. The minimum atomic E-state index is -0.563. The fraction of sp³-hybridized carbons (Fsp3) is 0.118. The number of carbonyl (C=O) groups excluding carboxylic acids is 1. The van der Waals surface area contributed by atoms with Crippen molar-refractivity contribution in [2.24, 2.45) is 0 Å². The molecule has 0 aliphatic heterocycles. The number of para-hydroxylation sites is 2. The van der Waals surface area contributed by atoms with Gasteiger partial charge in [-0.15, -0.1) is 5.10 Å². The molecule has 1 amide bonds. The van der Waals surface area contributed by atoms with Gasteiger partial charge < -0.3 is 9.73 Å². The minimum absolute atomic E-state index is 0.0401. The summed E-state index contributed by atoms with van der Waals surface area (Å²) in [7, 11) is 0. The highest BCUT2D eigenvalue weighted by Gasteiger charge is 2.16. The maximum absolute atomic E-state index is 12.2. The van der Waals surface area contributed by atoms with E-state index >= 15 is 0 Å². The third-order valence-corrected chi connectivity index (χ3v) is 3.87. The molecule has 132 valence electrons. The molecule has 3 rings (SSSR count). The first-order valence-corrected chi connectivity index (χ1v) is 8.03. The van der Waals surface area contributed by atoms with E-state index in [-0.39, 0.29) is 22.8 Å². The zero-order chi connectivity index (χ0) is 18.7. The molecular formula is C17H14N4O4S. The van der Waals surface area contributed by atoms with Crippen molar-refractivity contribution in [3.63, 3.8) is 0 Å². The number of nitro groups is 1. The van der Waals surface area contributed by atoms with Crippen LogP contribution in [0.2, 0.25) is 0 Å². The van der Waals surface area contributed by atoms with Crippen molar-refractivity contribution in [2.75, 3.05) is 5.32 Å². The Balaban J connectivity index is 1.77. The van der Waals surface area contributed by atoms with Crippen LogP contribution in [0.25, 0.3) is 11.5 Å². The van der Waals surface area contributed by atoms with Crippen LogP contribution in [0, 0.1) is 21.9 Å². The van der Waals surface area contributed by atoms with E-state index in [1.165, 1.54) is 22.9 Å². The lowest BCUT2D eigenvalue weighted by atomic mass is 10.1.